The van der Waals surface area contributed by atoms with E-state index < -0.39 is 0 Å². The number of aromatic nitrogens is 4. The molecule has 0 bridgehead atoms. The van der Waals surface area contributed by atoms with Gasteiger partial charge in [-0.2, -0.15) is 0 Å². The number of hydrogen-bond acceptors (Lipinski definition) is 10. The van der Waals surface area contributed by atoms with E-state index >= 15 is 0 Å². The van der Waals surface area contributed by atoms with Crippen molar-refractivity contribution in [3.05, 3.63) is 48.4 Å². The fourth-order valence-electron chi connectivity index (χ4n) is 5.36. The molecule has 210 valence electrons. The van der Waals surface area contributed by atoms with Crippen LogP contribution in [-0.4, -0.2) is 88.2 Å². The minimum Gasteiger partial charge on any atom is -0.507 e. The number of benzene rings is 1. The molecule has 0 amide bonds. The van der Waals surface area contributed by atoms with Gasteiger partial charge in [-0.05, 0) is 49.4 Å². The fourth-order valence-corrected chi connectivity index (χ4v) is 5.36. The van der Waals surface area contributed by atoms with Gasteiger partial charge in [-0.3, -0.25) is 4.90 Å². The molecule has 0 radical (unpaired) electrons. The van der Waals surface area contributed by atoms with Crippen molar-refractivity contribution in [1.29, 1.82) is 0 Å². The van der Waals surface area contributed by atoms with Gasteiger partial charge in [-0.25, -0.2) is 9.97 Å². The van der Waals surface area contributed by atoms with Crippen LogP contribution in [0.25, 0.3) is 11.3 Å². The Kier molecular flexibility index (Phi) is 8.63. The van der Waals surface area contributed by atoms with Gasteiger partial charge in [0.1, 0.15) is 11.6 Å². The van der Waals surface area contributed by atoms with Crippen molar-refractivity contribution in [3.63, 3.8) is 0 Å². The summed E-state index contributed by atoms with van der Waals surface area (Å²) in [5.74, 6) is 8.94. The number of morpholine rings is 1. The molecule has 5 rings (SSSR count). The number of phenols is 1. The Morgan fingerprint density at radius 1 is 1.12 bits per heavy atom. The van der Waals surface area contributed by atoms with Gasteiger partial charge >= 0.3 is 0 Å². The lowest BCUT2D eigenvalue weighted by molar-refractivity contribution is -0.0176. The quantitative estimate of drug-likeness (QED) is 0.466. The number of para-hydroxylation sites is 1. The highest BCUT2D eigenvalue weighted by Crippen LogP contribution is 2.32. The van der Waals surface area contributed by atoms with Gasteiger partial charge in [0.2, 0.25) is 5.82 Å². The van der Waals surface area contributed by atoms with Crippen LogP contribution in [0.4, 0.5) is 17.3 Å². The molecule has 10 nitrogen and oxygen atoms in total. The van der Waals surface area contributed by atoms with Crippen molar-refractivity contribution in [1.82, 2.24) is 25.1 Å². The molecule has 2 fully saturated rings. The second-order valence-corrected chi connectivity index (χ2v) is 10.7. The van der Waals surface area contributed by atoms with E-state index in [1.54, 1.807) is 18.3 Å². The minimum absolute atomic E-state index is 0.163. The molecule has 3 N–H and O–H groups in total. The van der Waals surface area contributed by atoms with Gasteiger partial charge < -0.3 is 25.4 Å². The molecular weight excluding hydrogens is 504 g/mol. The predicted molar refractivity (Wildman–Crippen MR) is 157 cm³/mol. The topological polar surface area (TPSA) is 117 Å². The average molecular weight is 543 g/mol. The molecule has 2 aromatic heterocycles. The molecule has 2 atom stereocenters. The summed E-state index contributed by atoms with van der Waals surface area (Å²) in [7, 11) is 0. The summed E-state index contributed by atoms with van der Waals surface area (Å²) < 4.78 is 5.67. The van der Waals surface area contributed by atoms with Gasteiger partial charge in [-0.15, -0.1) is 10.2 Å². The number of nitrogens with two attached hydrogens (primary N) is 1. The maximum absolute atomic E-state index is 10.3. The number of ether oxygens (including phenoxy) is 1. The Hall–Kier alpha value is -3.94. The Balaban J connectivity index is 1.29. The van der Waals surface area contributed by atoms with Crippen molar-refractivity contribution in [2.75, 3.05) is 61.5 Å². The molecule has 4 heterocycles. The number of nitrogen functional groups attached to an aromatic ring is 1. The van der Waals surface area contributed by atoms with Crippen molar-refractivity contribution in [3.8, 4) is 28.8 Å². The molecule has 2 saturated heterocycles. The van der Waals surface area contributed by atoms with Gasteiger partial charge in [0.15, 0.2) is 5.82 Å². The predicted octanol–water partition coefficient (Wildman–Crippen LogP) is 3.03. The largest absolute Gasteiger partial charge is 0.507 e. The molecule has 10 heteroatoms. The number of rotatable bonds is 5. The third-order valence-electron chi connectivity index (χ3n) is 7.75. The van der Waals surface area contributed by atoms with Gasteiger partial charge in [0, 0.05) is 50.0 Å². The third-order valence-corrected chi connectivity index (χ3v) is 7.75. The lowest BCUT2D eigenvalue weighted by atomic mass is 10.0. The van der Waals surface area contributed by atoms with Crippen LogP contribution in [0.5, 0.6) is 5.75 Å². The van der Waals surface area contributed by atoms with E-state index in [2.05, 4.69) is 62.5 Å². The van der Waals surface area contributed by atoms with Crippen LogP contribution in [0.3, 0.4) is 0 Å². The van der Waals surface area contributed by atoms with Crippen LogP contribution in [0.2, 0.25) is 0 Å². The summed E-state index contributed by atoms with van der Waals surface area (Å²) in [6.45, 7) is 12.0. The summed E-state index contributed by atoms with van der Waals surface area (Å²) in [5.41, 5.74) is 8.31. The summed E-state index contributed by atoms with van der Waals surface area (Å²) in [4.78, 5) is 16.2. The Morgan fingerprint density at radius 3 is 2.80 bits per heavy atom. The van der Waals surface area contributed by atoms with E-state index in [-0.39, 0.29) is 11.8 Å². The van der Waals surface area contributed by atoms with E-state index in [4.69, 9.17) is 15.5 Å². The van der Waals surface area contributed by atoms with Crippen molar-refractivity contribution >= 4 is 17.3 Å². The first kappa shape index (κ1) is 27.6. The molecule has 0 saturated carbocycles. The zero-order valence-corrected chi connectivity index (χ0v) is 23.5. The maximum Gasteiger partial charge on any atom is 0.206 e. The van der Waals surface area contributed by atoms with Crippen LogP contribution in [-0.2, 0) is 4.74 Å². The van der Waals surface area contributed by atoms with E-state index in [9.17, 15) is 5.11 Å². The van der Waals surface area contributed by atoms with Crippen LogP contribution < -0.4 is 15.5 Å². The van der Waals surface area contributed by atoms with Crippen molar-refractivity contribution in [2.24, 2.45) is 5.92 Å². The number of phenolic OH excluding ortho intramolecular Hbond substituents is 1. The molecule has 0 unspecified atom stereocenters. The zero-order valence-electron chi connectivity index (χ0n) is 23.5. The van der Waals surface area contributed by atoms with Crippen LogP contribution in [0, 0.1) is 17.8 Å². The Bertz CT molecular complexity index is 1370. The number of anilines is 3. The summed E-state index contributed by atoms with van der Waals surface area (Å²) >= 11 is 0. The highest BCUT2D eigenvalue weighted by Gasteiger charge is 2.26. The molecule has 0 spiro atoms. The van der Waals surface area contributed by atoms with Crippen molar-refractivity contribution in [2.45, 2.75) is 39.3 Å². The number of aromatic hydroxyl groups is 1. The van der Waals surface area contributed by atoms with Crippen LogP contribution in [0.15, 0.2) is 42.6 Å². The van der Waals surface area contributed by atoms with Crippen molar-refractivity contribution < 1.29 is 9.84 Å². The van der Waals surface area contributed by atoms with Crippen LogP contribution in [0.1, 0.15) is 33.0 Å². The first-order valence-electron chi connectivity index (χ1n) is 14.0. The lowest BCUT2D eigenvalue weighted by Crippen LogP contribution is -2.48. The second kappa shape index (κ2) is 12.5. The second-order valence-electron chi connectivity index (χ2n) is 10.7. The molecule has 2 aliphatic rings. The van der Waals surface area contributed by atoms with Gasteiger partial charge in [0.25, 0.3) is 0 Å². The van der Waals surface area contributed by atoms with Gasteiger partial charge in [0.05, 0.1) is 31.1 Å². The number of nitrogens with zero attached hydrogens (tertiary/aromatic N) is 7. The standard InChI is InChI=1S/C30H38N8O2/c1-21(2)26-20-40-18-17-36(26)13-6-9-28-32-12-10-29(33-28)38-16-15-37(14-11-22(38)3)25-19-24(34-35-30(25)31)23-7-4-5-8-27(23)39/h4-5,7-8,10,12,19,21-22,26,39H,11,13-18,20H2,1-3H3,(H2,31,35)/t22-,26+/m1/s1. The Labute approximate surface area is 236 Å². The highest BCUT2D eigenvalue weighted by atomic mass is 16.5. The summed E-state index contributed by atoms with van der Waals surface area (Å²) in [6, 6.07) is 11.6. The van der Waals surface area contributed by atoms with Gasteiger partial charge in [-0.1, -0.05) is 31.9 Å². The summed E-state index contributed by atoms with van der Waals surface area (Å²) in [6.07, 6.45) is 2.70. The minimum atomic E-state index is 0.163. The SMILES string of the molecule is CC(C)[C@@H]1COCCN1CC#Cc1nccc(N2CCN(c3cc(-c4ccccc4O)nnc3N)CC[C@H]2C)n1. The Morgan fingerprint density at radius 2 is 1.98 bits per heavy atom. The van der Waals surface area contributed by atoms with E-state index in [1.165, 1.54) is 0 Å². The molecule has 1 aromatic carbocycles. The lowest BCUT2D eigenvalue weighted by Gasteiger charge is -2.36. The van der Waals surface area contributed by atoms with Crippen LogP contribution >= 0.6 is 0 Å². The molecule has 3 aromatic rings. The zero-order chi connectivity index (χ0) is 28.1. The average Bonchev–Trinajstić information content (AvgIpc) is 3.15. The van der Waals surface area contributed by atoms with E-state index in [1.807, 2.05) is 24.3 Å². The summed E-state index contributed by atoms with van der Waals surface area (Å²) in [5, 5.41) is 18.7. The monoisotopic (exact) mass is 542 g/mol. The molecule has 2 aliphatic heterocycles. The smallest absolute Gasteiger partial charge is 0.206 e. The maximum atomic E-state index is 10.3. The first-order chi connectivity index (χ1) is 19.4. The first-order valence-corrected chi connectivity index (χ1v) is 14.0. The normalized spacial score (nSPS) is 20.2. The van der Waals surface area contributed by atoms with E-state index in [0.717, 1.165) is 57.3 Å². The third kappa shape index (κ3) is 6.27. The number of hydrogen-bond donors (Lipinski definition) is 2. The molecule has 0 aliphatic carbocycles. The molecular formula is C30H38N8O2. The van der Waals surface area contributed by atoms with E-state index in [0.29, 0.717) is 41.4 Å². The molecule has 40 heavy (non-hydrogen) atoms. The highest BCUT2D eigenvalue weighted by molar-refractivity contribution is 5.74. The fraction of sp³-hybridized carbons (Fsp3) is 0.467.